The van der Waals surface area contributed by atoms with Gasteiger partial charge in [-0.05, 0) is 19.8 Å². The quantitative estimate of drug-likeness (QED) is 0.837. The number of aryl methyl sites for hydroxylation is 2. The summed E-state index contributed by atoms with van der Waals surface area (Å²) in [6.07, 6.45) is 4.16. The second kappa shape index (κ2) is 4.87. The van der Waals surface area contributed by atoms with Crippen LogP contribution in [0.4, 0.5) is 0 Å². The van der Waals surface area contributed by atoms with Crippen LogP contribution in [0.15, 0.2) is 6.20 Å². The second-order valence-corrected chi connectivity index (χ2v) is 8.02. The first-order valence-corrected chi connectivity index (χ1v) is 8.78. The van der Waals surface area contributed by atoms with Crippen molar-refractivity contribution in [3.63, 3.8) is 0 Å². The topological polar surface area (TPSA) is 81.1 Å². The van der Waals surface area contributed by atoms with Gasteiger partial charge in [0.15, 0.2) is 9.84 Å². The second-order valence-electron chi connectivity index (χ2n) is 5.80. The molecule has 1 saturated heterocycles. The van der Waals surface area contributed by atoms with E-state index in [1.165, 1.54) is 0 Å². The summed E-state index contributed by atoms with van der Waals surface area (Å²) < 4.78 is 24.9. The van der Waals surface area contributed by atoms with Crippen LogP contribution in [0.2, 0.25) is 0 Å². The number of sulfone groups is 1. The molecule has 0 spiro atoms. The molecule has 20 heavy (non-hydrogen) atoms. The number of hydrogen-bond donors (Lipinski definition) is 1. The molecule has 110 valence electrons. The summed E-state index contributed by atoms with van der Waals surface area (Å²) in [7, 11) is -3.00. The summed E-state index contributed by atoms with van der Waals surface area (Å²) >= 11 is 0. The van der Waals surface area contributed by atoms with E-state index < -0.39 is 9.84 Å². The van der Waals surface area contributed by atoms with E-state index in [-0.39, 0.29) is 29.4 Å². The van der Waals surface area contributed by atoms with Gasteiger partial charge in [-0.15, -0.1) is 0 Å². The van der Waals surface area contributed by atoms with Gasteiger partial charge in [-0.25, -0.2) is 13.4 Å². The van der Waals surface area contributed by atoms with Crippen molar-refractivity contribution in [3.8, 4) is 0 Å². The highest BCUT2D eigenvalue weighted by molar-refractivity contribution is 7.91. The molecule has 0 bridgehead atoms. The van der Waals surface area contributed by atoms with Crippen LogP contribution in [-0.2, 0) is 27.6 Å². The van der Waals surface area contributed by atoms with Crippen molar-refractivity contribution in [3.05, 3.63) is 17.7 Å². The van der Waals surface area contributed by atoms with E-state index in [0.29, 0.717) is 6.42 Å². The maximum absolute atomic E-state index is 12.1. The molecular formula is C13H19N3O3S. The van der Waals surface area contributed by atoms with Gasteiger partial charge in [0.25, 0.3) is 0 Å². The number of rotatable bonds is 2. The molecule has 0 radical (unpaired) electrons. The number of aromatic nitrogens is 2. The molecule has 2 atom stereocenters. The summed E-state index contributed by atoms with van der Waals surface area (Å²) in [6, 6.07) is 0.0758. The lowest BCUT2D eigenvalue weighted by molar-refractivity contribution is -0.125. The summed E-state index contributed by atoms with van der Waals surface area (Å²) in [5.41, 5.74) is 0.994. The summed E-state index contributed by atoms with van der Waals surface area (Å²) in [6.45, 7) is 2.68. The molecule has 1 N–H and O–H groups in total. The molecule has 6 nitrogen and oxygen atoms in total. The molecule has 0 saturated carbocycles. The van der Waals surface area contributed by atoms with Gasteiger partial charge < -0.3 is 9.88 Å². The third-order valence-corrected chi connectivity index (χ3v) is 5.83. The van der Waals surface area contributed by atoms with E-state index >= 15 is 0 Å². The number of amides is 1. The highest BCUT2D eigenvalue weighted by atomic mass is 32.2. The van der Waals surface area contributed by atoms with Gasteiger partial charge in [0.2, 0.25) is 5.91 Å². The predicted molar refractivity (Wildman–Crippen MR) is 74.0 cm³/mol. The lowest BCUT2D eigenvalue weighted by Crippen LogP contribution is -2.43. The fourth-order valence-corrected chi connectivity index (χ4v) is 4.77. The Morgan fingerprint density at radius 1 is 1.45 bits per heavy atom. The molecule has 1 aromatic heterocycles. The van der Waals surface area contributed by atoms with Crippen LogP contribution in [0, 0.1) is 12.8 Å². The van der Waals surface area contributed by atoms with E-state index in [1.807, 2.05) is 13.1 Å². The van der Waals surface area contributed by atoms with Gasteiger partial charge in [0.1, 0.15) is 5.82 Å². The Morgan fingerprint density at radius 2 is 2.25 bits per heavy atom. The molecule has 1 fully saturated rings. The molecule has 7 heteroatoms. The molecule has 0 aromatic carbocycles. The van der Waals surface area contributed by atoms with Gasteiger partial charge >= 0.3 is 0 Å². The van der Waals surface area contributed by atoms with Crippen LogP contribution in [0.1, 0.15) is 24.4 Å². The molecular weight excluding hydrogens is 278 g/mol. The Morgan fingerprint density at radius 3 is 2.95 bits per heavy atom. The third-order valence-electron chi connectivity index (χ3n) is 4.06. The highest BCUT2D eigenvalue weighted by Gasteiger charge is 2.34. The van der Waals surface area contributed by atoms with Gasteiger partial charge in [-0.3, -0.25) is 4.79 Å². The van der Waals surface area contributed by atoms with Crippen molar-refractivity contribution in [2.24, 2.45) is 5.92 Å². The molecule has 0 unspecified atom stereocenters. The molecule has 2 aliphatic rings. The molecule has 3 heterocycles. The van der Waals surface area contributed by atoms with Crippen LogP contribution in [0.5, 0.6) is 0 Å². The van der Waals surface area contributed by atoms with Gasteiger partial charge in [0, 0.05) is 25.2 Å². The summed E-state index contributed by atoms with van der Waals surface area (Å²) in [4.78, 5) is 16.6. The number of nitrogens with one attached hydrogen (secondary N) is 1. The van der Waals surface area contributed by atoms with Gasteiger partial charge in [-0.2, -0.15) is 0 Å². The lowest BCUT2D eigenvalue weighted by Gasteiger charge is -2.25. The van der Waals surface area contributed by atoms with Crippen LogP contribution in [-0.4, -0.2) is 41.4 Å². The first-order chi connectivity index (χ1) is 9.43. The Balaban J connectivity index is 1.61. The zero-order valence-corrected chi connectivity index (χ0v) is 12.3. The lowest BCUT2D eigenvalue weighted by atomic mass is 10.0. The number of carbonyl (C=O) groups is 1. The smallest absolute Gasteiger partial charge is 0.224 e. The Hall–Kier alpha value is -1.37. The fraction of sp³-hybridized carbons (Fsp3) is 0.692. The first kappa shape index (κ1) is 13.6. The summed E-state index contributed by atoms with van der Waals surface area (Å²) in [5.74, 6) is 0.723. The number of carbonyl (C=O) groups excluding carboxylic acids is 1. The Kier molecular flexibility index (Phi) is 3.32. The van der Waals surface area contributed by atoms with E-state index in [1.54, 1.807) is 0 Å². The fourth-order valence-electron chi connectivity index (χ4n) is 3.02. The van der Waals surface area contributed by atoms with Crippen molar-refractivity contribution >= 4 is 15.7 Å². The normalized spacial score (nSPS) is 28.1. The number of fused-ring (bicyclic) bond motifs is 1. The number of nitrogens with zero attached hydrogens (tertiary/aromatic N) is 2. The molecule has 1 aromatic rings. The van der Waals surface area contributed by atoms with Crippen LogP contribution < -0.4 is 5.32 Å². The zero-order chi connectivity index (χ0) is 14.3. The van der Waals surface area contributed by atoms with Crippen LogP contribution in [0.3, 0.4) is 0 Å². The van der Waals surface area contributed by atoms with E-state index in [0.717, 1.165) is 30.9 Å². The van der Waals surface area contributed by atoms with Crippen LogP contribution >= 0.6 is 0 Å². The number of imidazole rings is 1. The minimum absolute atomic E-state index is 0.000979. The van der Waals surface area contributed by atoms with Crippen molar-refractivity contribution < 1.29 is 13.2 Å². The van der Waals surface area contributed by atoms with Gasteiger partial charge in [0.05, 0.1) is 23.1 Å². The van der Waals surface area contributed by atoms with Crippen molar-refractivity contribution in [2.45, 2.75) is 38.8 Å². The molecule has 1 amide bonds. The Bertz CT molecular complexity index is 635. The maximum Gasteiger partial charge on any atom is 0.224 e. The first-order valence-electron chi connectivity index (χ1n) is 6.96. The summed E-state index contributed by atoms with van der Waals surface area (Å²) in [5, 5.41) is 3.00. The average Bonchev–Trinajstić information content (AvgIpc) is 2.90. The minimum atomic E-state index is -3.00. The predicted octanol–water partition coefficient (Wildman–Crippen LogP) is 0.0572. The monoisotopic (exact) mass is 297 g/mol. The van der Waals surface area contributed by atoms with Gasteiger partial charge in [-0.1, -0.05) is 0 Å². The molecule has 3 rings (SSSR count). The average molecular weight is 297 g/mol. The maximum atomic E-state index is 12.1. The van der Waals surface area contributed by atoms with E-state index in [4.69, 9.17) is 0 Å². The zero-order valence-electron chi connectivity index (χ0n) is 11.5. The number of hydrogen-bond acceptors (Lipinski definition) is 4. The highest BCUT2D eigenvalue weighted by Crippen LogP contribution is 2.20. The molecule has 2 aliphatic heterocycles. The largest absolute Gasteiger partial charge is 0.351 e. The van der Waals surface area contributed by atoms with E-state index in [2.05, 4.69) is 14.9 Å². The van der Waals surface area contributed by atoms with Crippen molar-refractivity contribution in [1.82, 2.24) is 14.9 Å². The molecule has 0 aliphatic carbocycles. The van der Waals surface area contributed by atoms with E-state index in [9.17, 15) is 13.2 Å². The minimum Gasteiger partial charge on any atom is -0.351 e. The third kappa shape index (κ3) is 2.72. The standard InChI is InChI=1S/C13H19N3O3S/c1-9-6-16-7-11(2-3-12(16)14-9)15-13(17)10-4-5-20(18,19)8-10/h6,10-11H,2-5,7-8H2,1H3,(H,15,17)/t10-,11-/m0/s1. The van der Waals surface area contributed by atoms with Crippen molar-refractivity contribution in [1.29, 1.82) is 0 Å². The SMILES string of the molecule is Cc1cn2c(n1)CC[C@H](NC(=O)[C@H]1CCS(=O)(=O)C1)C2. The van der Waals surface area contributed by atoms with Crippen molar-refractivity contribution in [2.75, 3.05) is 11.5 Å². The van der Waals surface area contributed by atoms with Crippen LogP contribution in [0.25, 0.3) is 0 Å². The Labute approximate surface area is 118 Å².